The van der Waals surface area contributed by atoms with Crippen LogP contribution in [0, 0.1) is 29.1 Å². The van der Waals surface area contributed by atoms with E-state index >= 15 is 0 Å². The summed E-state index contributed by atoms with van der Waals surface area (Å²) in [6.07, 6.45) is 14.6. The van der Waals surface area contributed by atoms with Gasteiger partial charge in [0.1, 0.15) is 6.29 Å². The first-order valence-electron chi connectivity index (χ1n) is 10.5. The van der Waals surface area contributed by atoms with E-state index in [9.17, 15) is 9.59 Å². The number of ketones is 1. The lowest BCUT2D eigenvalue weighted by atomic mass is 9.67. The summed E-state index contributed by atoms with van der Waals surface area (Å²) < 4.78 is 0. The molecule has 27 heavy (non-hydrogen) atoms. The third-order valence-corrected chi connectivity index (χ3v) is 7.27. The monoisotopic (exact) mass is 366 g/mol. The number of carbonyl (C=O) groups excluding carboxylic acids is 2. The Labute approximate surface area is 164 Å². The van der Waals surface area contributed by atoms with Crippen molar-refractivity contribution < 1.29 is 9.59 Å². The number of Topliss-reactive ketones (excluding diaryl/α,β-unsaturated/α-hetero) is 1. The molecule has 0 aromatic rings. The van der Waals surface area contributed by atoms with Crippen LogP contribution in [0.1, 0.15) is 66.7 Å². The molecule has 1 fully saturated rings. The zero-order chi connectivity index (χ0) is 19.8. The molecule has 2 heteroatoms. The fourth-order valence-corrected chi connectivity index (χ4v) is 5.71. The van der Waals surface area contributed by atoms with E-state index in [0.29, 0.717) is 29.7 Å². The van der Waals surface area contributed by atoms with Gasteiger partial charge in [-0.3, -0.25) is 9.59 Å². The number of hydrogen-bond acceptors (Lipinski definition) is 2. The van der Waals surface area contributed by atoms with Crippen LogP contribution in [-0.2, 0) is 9.59 Å². The predicted octanol–water partition coefficient (Wildman–Crippen LogP) is 6.00. The van der Waals surface area contributed by atoms with Crippen molar-refractivity contribution in [3.8, 4) is 0 Å². The summed E-state index contributed by atoms with van der Waals surface area (Å²) in [5, 5.41) is 0. The van der Waals surface area contributed by atoms with Crippen LogP contribution in [0.4, 0.5) is 0 Å². The molecule has 0 unspecified atom stereocenters. The highest BCUT2D eigenvalue weighted by Crippen LogP contribution is 2.57. The molecule has 0 saturated heterocycles. The molecule has 3 aliphatic carbocycles. The molecular weight excluding hydrogens is 332 g/mol. The SMILES string of the molecule is CC(C)=C/C=C\[C@H](C)[C@H]1CC[C@]2(C)CC3=C(C(=O)C[C@H]3C)C(C=O)=CC[C@@H]12. The molecule has 0 heterocycles. The summed E-state index contributed by atoms with van der Waals surface area (Å²) in [6, 6.07) is 0. The fraction of sp³-hybridized carbons (Fsp3) is 0.600. The molecule has 3 rings (SSSR count). The van der Waals surface area contributed by atoms with Gasteiger partial charge >= 0.3 is 0 Å². The Hall–Kier alpha value is -1.70. The molecule has 146 valence electrons. The van der Waals surface area contributed by atoms with Crippen molar-refractivity contribution in [1.82, 2.24) is 0 Å². The topological polar surface area (TPSA) is 34.1 Å². The standard InChI is InChI=1S/C25H34O2/c1-16(2)7-6-8-17(3)20-11-12-25(5)14-21-18(4)13-23(27)24(21)19(15-26)9-10-22(20)25/h6-9,15,17-18,20,22H,10-14H2,1-5H3/b8-6-,19-9?/t17-,18+,20+,22-,25+/m0/s1. The van der Waals surface area contributed by atoms with Gasteiger partial charge in [-0.2, -0.15) is 0 Å². The summed E-state index contributed by atoms with van der Waals surface area (Å²) in [4.78, 5) is 24.3. The van der Waals surface area contributed by atoms with Crippen LogP contribution in [0.5, 0.6) is 0 Å². The zero-order valence-corrected chi connectivity index (χ0v) is 17.5. The third-order valence-electron chi connectivity index (χ3n) is 7.27. The molecule has 1 saturated carbocycles. The van der Waals surface area contributed by atoms with Crippen molar-refractivity contribution in [3.05, 3.63) is 46.6 Å². The van der Waals surface area contributed by atoms with Gasteiger partial charge in [-0.15, -0.1) is 0 Å². The molecule has 0 aliphatic heterocycles. The lowest BCUT2D eigenvalue weighted by Gasteiger charge is -2.38. The van der Waals surface area contributed by atoms with Crippen molar-refractivity contribution >= 4 is 12.1 Å². The van der Waals surface area contributed by atoms with Gasteiger partial charge in [0.2, 0.25) is 0 Å². The van der Waals surface area contributed by atoms with E-state index in [1.165, 1.54) is 24.0 Å². The molecule has 5 atom stereocenters. The molecule has 0 spiro atoms. The van der Waals surface area contributed by atoms with E-state index in [1.807, 2.05) is 0 Å². The van der Waals surface area contributed by atoms with Gasteiger partial charge in [0.05, 0.1) is 0 Å². The van der Waals surface area contributed by atoms with Crippen LogP contribution in [0.3, 0.4) is 0 Å². The zero-order valence-electron chi connectivity index (χ0n) is 17.5. The van der Waals surface area contributed by atoms with Gasteiger partial charge in [0.25, 0.3) is 0 Å². The van der Waals surface area contributed by atoms with E-state index in [2.05, 4.69) is 58.9 Å². The molecule has 0 N–H and O–H groups in total. The van der Waals surface area contributed by atoms with Crippen LogP contribution in [0.15, 0.2) is 46.6 Å². The highest BCUT2D eigenvalue weighted by molar-refractivity contribution is 6.09. The second kappa shape index (κ2) is 7.73. The summed E-state index contributed by atoms with van der Waals surface area (Å²) in [5.74, 6) is 2.17. The molecular formula is C25H34O2. The lowest BCUT2D eigenvalue weighted by Crippen LogP contribution is -2.29. The predicted molar refractivity (Wildman–Crippen MR) is 111 cm³/mol. The minimum atomic E-state index is 0.172. The summed E-state index contributed by atoms with van der Waals surface area (Å²) in [6.45, 7) is 11.2. The van der Waals surface area contributed by atoms with Gasteiger partial charge in [-0.05, 0) is 68.6 Å². The average molecular weight is 367 g/mol. The normalized spacial score (nSPS) is 34.6. The van der Waals surface area contributed by atoms with E-state index in [1.54, 1.807) is 0 Å². The maximum absolute atomic E-state index is 12.5. The van der Waals surface area contributed by atoms with Gasteiger partial charge in [0.15, 0.2) is 5.78 Å². The van der Waals surface area contributed by atoms with Crippen molar-refractivity contribution in [2.24, 2.45) is 29.1 Å². The number of aldehydes is 1. The minimum Gasteiger partial charge on any atom is -0.298 e. The number of carbonyl (C=O) groups is 2. The Balaban J connectivity index is 1.91. The molecule has 0 radical (unpaired) electrons. The van der Waals surface area contributed by atoms with Gasteiger partial charge < -0.3 is 0 Å². The highest BCUT2D eigenvalue weighted by atomic mass is 16.1. The molecule has 3 aliphatic rings. The van der Waals surface area contributed by atoms with Gasteiger partial charge in [-0.25, -0.2) is 0 Å². The van der Waals surface area contributed by atoms with Gasteiger partial charge in [-0.1, -0.05) is 56.2 Å². The number of fused-ring (bicyclic) bond motifs is 1. The molecule has 0 bridgehead atoms. The Morgan fingerprint density at radius 2 is 2.07 bits per heavy atom. The fourth-order valence-electron chi connectivity index (χ4n) is 5.71. The Morgan fingerprint density at radius 3 is 2.74 bits per heavy atom. The smallest absolute Gasteiger partial charge is 0.164 e. The maximum Gasteiger partial charge on any atom is 0.164 e. The van der Waals surface area contributed by atoms with E-state index < -0.39 is 0 Å². The van der Waals surface area contributed by atoms with Crippen LogP contribution >= 0.6 is 0 Å². The Kier molecular flexibility index (Phi) is 5.74. The first-order chi connectivity index (χ1) is 12.8. The Bertz CT molecular complexity index is 744. The Morgan fingerprint density at radius 1 is 1.33 bits per heavy atom. The number of allylic oxidation sites excluding steroid dienone is 8. The second-order valence-corrected chi connectivity index (χ2v) is 9.57. The number of rotatable bonds is 4. The molecule has 0 aromatic heterocycles. The first kappa shape index (κ1) is 20.0. The van der Waals surface area contributed by atoms with Crippen LogP contribution in [0.25, 0.3) is 0 Å². The molecule has 0 aromatic carbocycles. The van der Waals surface area contributed by atoms with Crippen molar-refractivity contribution in [3.63, 3.8) is 0 Å². The molecule has 0 amide bonds. The number of hydrogen-bond donors (Lipinski definition) is 0. The van der Waals surface area contributed by atoms with E-state index in [0.717, 1.165) is 24.7 Å². The lowest BCUT2D eigenvalue weighted by molar-refractivity contribution is -0.115. The van der Waals surface area contributed by atoms with E-state index in [-0.39, 0.29) is 17.1 Å². The van der Waals surface area contributed by atoms with E-state index in [4.69, 9.17) is 0 Å². The first-order valence-corrected chi connectivity index (χ1v) is 10.5. The second-order valence-electron chi connectivity index (χ2n) is 9.57. The quantitative estimate of drug-likeness (QED) is 0.451. The highest BCUT2D eigenvalue weighted by Gasteiger charge is 2.48. The summed E-state index contributed by atoms with van der Waals surface area (Å²) in [5.41, 5.74) is 4.21. The average Bonchev–Trinajstić information content (AvgIpc) is 3.04. The van der Waals surface area contributed by atoms with Crippen LogP contribution in [-0.4, -0.2) is 12.1 Å². The third kappa shape index (κ3) is 3.81. The molecule has 2 nitrogen and oxygen atoms in total. The van der Waals surface area contributed by atoms with Crippen molar-refractivity contribution in [2.75, 3.05) is 0 Å². The summed E-state index contributed by atoms with van der Waals surface area (Å²) >= 11 is 0. The maximum atomic E-state index is 12.5. The van der Waals surface area contributed by atoms with Crippen LogP contribution < -0.4 is 0 Å². The minimum absolute atomic E-state index is 0.172. The van der Waals surface area contributed by atoms with Crippen molar-refractivity contribution in [1.29, 1.82) is 0 Å². The van der Waals surface area contributed by atoms with Gasteiger partial charge in [0, 0.05) is 17.6 Å². The van der Waals surface area contributed by atoms with Crippen molar-refractivity contribution in [2.45, 2.75) is 66.7 Å². The largest absolute Gasteiger partial charge is 0.298 e. The van der Waals surface area contributed by atoms with Crippen LogP contribution in [0.2, 0.25) is 0 Å². The summed E-state index contributed by atoms with van der Waals surface area (Å²) in [7, 11) is 0.